The second kappa shape index (κ2) is 7.11. The maximum Gasteiger partial charge on any atom is 0.416 e. The number of amides is 1. The largest absolute Gasteiger partial charge is 0.416 e. The van der Waals surface area contributed by atoms with Gasteiger partial charge in [0, 0.05) is 18.5 Å². The first kappa shape index (κ1) is 17.7. The molecule has 0 aliphatic carbocycles. The van der Waals surface area contributed by atoms with E-state index in [0.717, 1.165) is 18.2 Å². The van der Waals surface area contributed by atoms with Crippen molar-refractivity contribution < 1.29 is 28.2 Å². The number of carbonyl (C=O) groups is 1. The van der Waals surface area contributed by atoms with Crippen LogP contribution in [0.5, 0.6) is 0 Å². The van der Waals surface area contributed by atoms with E-state index >= 15 is 0 Å². The van der Waals surface area contributed by atoms with E-state index in [9.17, 15) is 28.2 Å². The Morgan fingerprint density at radius 2 is 2.00 bits per heavy atom. The predicted octanol–water partition coefficient (Wildman–Crippen LogP) is 2.28. The highest BCUT2D eigenvalue weighted by Crippen LogP contribution is 2.37. The summed E-state index contributed by atoms with van der Waals surface area (Å²) in [6.45, 7) is 1.30. The van der Waals surface area contributed by atoms with Gasteiger partial charge in [-0.1, -0.05) is 11.6 Å². The lowest BCUT2D eigenvalue weighted by molar-refractivity contribution is -0.140. The number of aliphatic hydroxyl groups is 2. The molecule has 21 heavy (non-hydrogen) atoms. The second-order valence-corrected chi connectivity index (χ2v) is 4.95. The van der Waals surface area contributed by atoms with Crippen LogP contribution in [0.2, 0.25) is 5.02 Å². The summed E-state index contributed by atoms with van der Waals surface area (Å²) >= 11 is 5.64. The van der Waals surface area contributed by atoms with Crippen molar-refractivity contribution in [1.29, 1.82) is 0 Å². The Kier molecular flexibility index (Phi) is 6.00. The minimum absolute atomic E-state index is 0.0195. The smallest absolute Gasteiger partial charge is 0.390 e. The number of rotatable bonds is 5. The van der Waals surface area contributed by atoms with Crippen LogP contribution in [0, 0.1) is 0 Å². The summed E-state index contributed by atoms with van der Waals surface area (Å²) in [5.41, 5.74) is -1.55. The molecule has 1 aromatic rings. The Labute approximate surface area is 124 Å². The molecule has 0 fully saturated rings. The van der Waals surface area contributed by atoms with E-state index in [0.29, 0.717) is 0 Å². The number of carbonyl (C=O) groups excluding carboxylic acids is 1. The van der Waals surface area contributed by atoms with Gasteiger partial charge in [0.1, 0.15) is 6.10 Å². The zero-order chi connectivity index (χ0) is 16.2. The van der Waals surface area contributed by atoms with Gasteiger partial charge < -0.3 is 15.5 Å². The molecular weight excluding hydrogens is 311 g/mol. The van der Waals surface area contributed by atoms with E-state index in [1.54, 1.807) is 0 Å². The lowest BCUT2D eigenvalue weighted by atomic mass is 9.96. The molecule has 0 saturated carbocycles. The highest BCUT2D eigenvalue weighted by Gasteiger charge is 2.36. The predicted molar refractivity (Wildman–Crippen MR) is 70.7 cm³/mol. The zero-order valence-electron chi connectivity index (χ0n) is 11.1. The van der Waals surface area contributed by atoms with Crippen molar-refractivity contribution in [2.45, 2.75) is 31.7 Å². The van der Waals surface area contributed by atoms with Crippen LogP contribution in [-0.2, 0) is 11.0 Å². The van der Waals surface area contributed by atoms with Crippen LogP contribution in [-0.4, -0.2) is 28.8 Å². The summed E-state index contributed by atoms with van der Waals surface area (Å²) in [6.07, 6.45) is -7.98. The van der Waals surface area contributed by atoms with Gasteiger partial charge >= 0.3 is 6.18 Å². The number of hydrogen-bond donors (Lipinski definition) is 3. The summed E-state index contributed by atoms with van der Waals surface area (Å²) in [5, 5.41) is 22.1. The fourth-order valence-electron chi connectivity index (χ4n) is 1.80. The Morgan fingerprint density at radius 3 is 2.52 bits per heavy atom. The van der Waals surface area contributed by atoms with Gasteiger partial charge in [0.2, 0.25) is 5.91 Å². The van der Waals surface area contributed by atoms with E-state index in [1.165, 1.54) is 6.92 Å². The number of benzene rings is 1. The number of hydrogen-bond acceptors (Lipinski definition) is 3. The molecule has 0 saturated heterocycles. The molecule has 1 rings (SSSR count). The Hall–Kier alpha value is -1.31. The molecule has 3 N–H and O–H groups in total. The average molecular weight is 326 g/mol. The number of nitrogens with one attached hydrogen (secondary N) is 1. The topological polar surface area (TPSA) is 69.6 Å². The molecule has 0 aliphatic rings. The van der Waals surface area contributed by atoms with Crippen molar-refractivity contribution in [3.05, 3.63) is 34.3 Å². The SMILES string of the molecule is CC(=O)NCCC(O)C(O)c1cc(Cl)ccc1C(F)(F)F. The molecule has 4 nitrogen and oxygen atoms in total. The first-order chi connectivity index (χ1) is 9.62. The molecule has 118 valence electrons. The first-order valence-electron chi connectivity index (χ1n) is 6.10. The van der Waals surface area contributed by atoms with Crippen LogP contribution < -0.4 is 5.32 Å². The van der Waals surface area contributed by atoms with Crippen molar-refractivity contribution in [3.8, 4) is 0 Å². The molecule has 2 atom stereocenters. The molecule has 0 heterocycles. The van der Waals surface area contributed by atoms with Gasteiger partial charge in [0.15, 0.2) is 0 Å². The molecule has 0 bridgehead atoms. The second-order valence-electron chi connectivity index (χ2n) is 4.51. The molecule has 0 radical (unpaired) electrons. The van der Waals surface area contributed by atoms with Gasteiger partial charge in [0.05, 0.1) is 11.7 Å². The molecule has 1 amide bonds. The number of alkyl halides is 3. The molecule has 0 aliphatic heterocycles. The van der Waals surface area contributed by atoms with Gasteiger partial charge in [-0.05, 0) is 30.2 Å². The summed E-state index contributed by atoms with van der Waals surface area (Å²) in [4.78, 5) is 10.7. The van der Waals surface area contributed by atoms with Gasteiger partial charge in [-0.2, -0.15) is 13.2 Å². The first-order valence-corrected chi connectivity index (χ1v) is 6.48. The molecule has 0 spiro atoms. The maximum atomic E-state index is 12.9. The third-order valence-corrected chi connectivity index (χ3v) is 3.05. The molecule has 8 heteroatoms. The lowest BCUT2D eigenvalue weighted by Crippen LogP contribution is -2.28. The van der Waals surface area contributed by atoms with E-state index in [2.05, 4.69) is 5.32 Å². The fourth-order valence-corrected chi connectivity index (χ4v) is 1.98. The van der Waals surface area contributed by atoms with Crippen molar-refractivity contribution >= 4 is 17.5 Å². The standard InChI is InChI=1S/C13H15ClF3NO3/c1-7(19)18-5-4-11(20)12(21)9-6-8(14)2-3-10(9)13(15,16)17/h2-3,6,11-12,20-21H,4-5H2,1H3,(H,18,19). The van der Waals surface area contributed by atoms with Gasteiger partial charge in [0.25, 0.3) is 0 Å². The number of aliphatic hydroxyl groups excluding tert-OH is 2. The van der Waals surface area contributed by atoms with E-state index in [-0.39, 0.29) is 23.9 Å². The summed E-state index contributed by atoms with van der Waals surface area (Å²) < 4.78 is 38.6. The third-order valence-electron chi connectivity index (χ3n) is 2.82. The van der Waals surface area contributed by atoms with E-state index in [1.807, 2.05) is 0 Å². The van der Waals surface area contributed by atoms with Crippen LogP contribution in [0.3, 0.4) is 0 Å². The summed E-state index contributed by atoms with van der Waals surface area (Å²) in [7, 11) is 0. The van der Waals surface area contributed by atoms with Crippen LogP contribution in [0.1, 0.15) is 30.6 Å². The molecule has 2 unspecified atom stereocenters. The van der Waals surface area contributed by atoms with Crippen LogP contribution in [0.4, 0.5) is 13.2 Å². The van der Waals surface area contributed by atoms with Crippen LogP contribution >= 0.6 is 11.6 Å². The molecule has 0 aromatic heterocycles. The highest BCUT2D eigenvalue weighted by atomic mass is 35.5. The molecular formula is C13H15ClF3NO3. The van der Waals surface area contributed by atoms with Crippen molar-refractivity contribution in [3.63, 3.8) is 0 Å². The molecule has 1 aromatic carbocycles. The maximum absolute atomic E-state index is 12.9. The Bertz CT molecular complexity index is 508. The highest BCUT2D eigenvalue weighted by molar-refractivity contribution is 6.30. The number of halogens is 4. The van der Waals surface area contributed by atoms with Gasteiger partial charge in [-0.15, -0.1) is 0 Å². The minimum Gasteiger partial charge on any atom is -0.390 e. The summed E-state index contributed by atoms with van der Waals surface area (Å²) in [6, 6.07) is 2.78. The lowest BCUT2D eigenvalue weighted by Gasteiger charge is -2.22. The quantitative estimate of drug-likeness (QED) is 0.778. The zero-order valence-corrected chi connectivity index (χ0v) is 11.9. The average Bonchev–Trinajstić information content (AvgIpc) is 2.35. The van der Waals surface area contributed by atoms with Gasteiger partial charge in [-0.25, -0.2) is 0 Å². The minimum atomic E-state index is -4.67. The normalized spacial score (nSPS) is 14.6. The monoisotopic (exact) mass is 325 g/mol. The van der Waals surface area contributed by atoms with Gasteiger partial charge in [-0.3, -0.25) is 4.79 Å². The van der Waals surface area contributed by atoms with Crippen LogP contribution in [0.25, 0.3) is 0 Å². The summed E-state index contributed by atoms with van der Waals surface area (Å²) in [5.74, 6) is -0.338. The van der Waals surface area contributed by atoms with E-state index < -0.39 is 29.5 Å². The fraction of sp³-hybridized carbons (Fsp3) is 0.462. The van der Waals surface area contributed by atoms with E-state index in [4.69, 9.17) is 11.6 Å². The Balaban J connectivity index is 2.92. The van der Waals surface area contributed by atoms with Crippen molar-refractivity contribution in [2.24, 2.45) is 0 Å². The Morgan fingerprint density at radius 1 is 1.38 bits per heavy atom. The van der Waals surface area contributed by atoms with Crippen molar-refractivity contribution in [1.82, 2.24) is 5.32 Å². The van der Waals surface area contributed by atoms with Crippen LogP contribution in [0.15, 0.2) is 18.2 Å². The van der Waals surface area contributed by atoms with Crippen molar-refractivity contribution in [2.75, 3.05) is 6.54 Å². The third kappa shape index (κ3) is 5.18.